The molecule has 4 aromatic rings. The number of rotatable bonds is 7. The fourth-order valence-electron chi connectivity index (χ4n) is 3.26. The number of hydrogen-bond donors (Lipinski definition) is 0. The highest BCUT2D eigenvalue weighted by Crippen LogP contribution is 2.15. The van der Waals surface area contributed by atoms with Crippen LogP contribution < -0.4 is 14.0 Å². The molecule has 0 unspecified atom stereocenters. The molecule has 0 saturated heterocycles. The molecule has 7 heteroatoms. The van der Waals surface area contributed by atoms with Gasteiger partial charge in [0.1, 0.15) is 28.7 Å². The van der Waals surface area contributed by atoms with Gasteiger partial charge in [0.15, 0.2) is 13.2 Å². The maximum Gasteiger partial charge on any atom is 0.219 e. The van der Waals surface area contributed by atoms with E-state index in [4.69, 9.17) is 9.47 Å². The predicted octanol–water partition coefficient (Wildman–Crippen LogP) is 5.19. The highest BCUT2D eigenvalue weighted by atomic mass is 32.2. The van der Waals surface area contributed by atoms with E-state index in [9.17, 15) is 13.0 Å². The normalized spacial score (nSPS) is 10.8. The molecule has 0 bridgehead atoms. The van der Waals surface area contributed by atoms with Crippen molar-refractivity contribution in [2.24, 2.45) is 7.05 Å². The molecule has 1 aromatic heterocycles. The lowest BCUT2D eigenvalue weighted by atomic mass is 10.2. The lowest BCUT2D eigenvalue weighted by Gasteiger charge is -2.09. The zero-order chi connectivity index (χ0) is 26.1. The first-order chi connectivity index (χ1) is 17.1. The maximum absolute atomic E-state index is 10.4. The fourth-order valence-corrected chi connectivity index (χ4v) is 3.73. The van der Waals surface area contributed by atoms with Gasteiger partial charge in [-0.15, -0.1) is 0 Å². The van der Waals surface area contributed by atoms with E-state index in [1.165, 1.54) is 23.3 Å². The first-order valence-corrected chi connectivity index (χ1v) is 12.9. The molecule has 0 fully saturated rings. The van der Waals surface area contributed by atoms with Crippen LogP contribution in [0.1, 0.15) is 28.1 Å². The Bertz CT molecular complexity index is 1300. The van der Waals surface area contributed by atoms with Gasteiger partial charge in [-0.1, -0.05) is 53.1 Å². The monoisotopic (exact) mass is 505 g/mol. The zero-order valence-electron chi connectivity index (χ0n) is 21.0. The number of nitrogens with zero attached hydrogens (tertiary/aromatic N) is 1. The van der Waals surface area contributed by atoms with E-state index < -0.39 is 10.1 Å². The average Bonchev–Trinajstić information content (AvgIpc) is 2.85. The quantitative estimate of drug-likeness (QED) is 0.255. The highest BCUT2D eigenvalue weighted by Gasteiger charge is 2.13. The Kier molecular flexibility index (Phi) is 9.22. The Morgan fingerprint density at radius 1 is 0.639 bits per heavy atom. The Morgan fingerprint density at radius 2 is 1.00 bits per heavy atom. The summed E-state index contributed by atoms with van der Waals surface area (Å²) in [4.78, 5) is -0.178. The first kappa shape index (κ1) is 26.9. The van der Waals surface area contributed by atoms with Crippen molar-refractivity contribution < 1.29 is 27.0 Å². The summed E-state index contributed by atoms with van der Waals surface area (Å²) >= 11 is 0. The summed E-state index contributed by atoms with van der Waals surface area (Å²) < 4.78 is 45.1. The van der Waals surface area contributed by atoms with Gasteiger partial charge in [0.25, 0.3) is 0 Å². The third kappa shape index (κ3) is 8.22. The molecule has 6 nitrogen and oxygen atoms in total. The summed E-state index contributed by atoms with van der Waals surface area (Å²) in [6, 6.07) is 28.2. The standard InChI is InChI=1S/C22H24NO2.C7H8O3S/c1-17-7-11-21(12-8-17)24-15-19-5-4-6-20(23(19)3)16-25-22-13-9-18(2)10-14-22;1-6-2-4-7(5-3-6)11(8,9)10/h4-14H,15-16H2,1-3H3;2-5H,1H3,(H,8,9,10)/q+1;/p-1. The van der Waals surface area contributed by atoms with Crippen molar-refractivity contribution in [1.29, 1.82) is 0 Å². The lowest BCUT2D eigenvalue weighted by molar-refractivity contribution is -0.689. The summed E-state index contributed by atoms with van der Waals surface area (Å²) in [6.07, 6.45) is 0. The van der Waals surface area contributed by atoms with Crippen LogP contribution in [-0.2, 0) is 30.4 Å². The van der Waals surface area contributed by atoms with Gasteiger partial charge >= 0.3 is 0 Å². The molecule has 0 spiro atoms. The molecule has 0 aliphatic carbocycles. The van der Waals surface area contributed by atoms with Crippen LogP contribution in [0.5, 0.6) is 11.5 Å². The van der Waals surface area contributed by atoms with E-state index in [2.05, 4.69) is 54.8 Å². The molecule has 4 rings (SSSR count). The molecule has 0 amide bonds. The molecule has 3 aromatic carbocycles. The van der Waals surface area contributed by atoms with Crippen LogP contribution in [0.3, 0.4) is 0 Å². The molecule has 0 aliphatic heterocycles. The van der Waals surface area contributed by atoms with E-state index in [-0.39, 0.29) is 4.90 Å². The summed E-state index contributed by atoms with van der Waals surface area (Å²) in [5.41, 5.74) is 5.59. The molecule has 0 atom stereocenters. The van der Waals surface area contributed by atoms with Crippen LogP contribution in [0, 0.1) is 20.8 Å². The second-order valence-corrected chi connectivity index (χ2v) is 9.92. The topological polar surface area (TPSA) is 79.5 Å². The van der Waals surface area contributed by atoms with Gasteiger partial charge in [0.05, 0.1) is 4.90 Å². The molecule has 36 heavy (non-hydrogen) atoms. The SMILES string of the molecule is Cc1ccc(OCc2cccc(COc3ccc(C)cc3)[n+]2C)cc1.Cc1ccc(S(=O)(=O)[O-])cc1. The van der Waals surface area contributed by atoms with Crippen molar-refractivity contribution in [3.63, 3.8) is 0 Å². The summed E-state index contributed by atoms with van der Waals surface area (Å²) in [5.74, 6) is 1.76. The molecule has 0 radical (unpaired) electrons. The minimum absolute atomic E-state index is 0.178. The molecule has 0 N–H and O–H groups in total. The highest BCUT2D eigenvalue weighted by molar-refractivity contribution is 7.85. The van der Waals surface area contributed by atoms with Crippen LogP contribution in [-0.4, -0.2) is 13.0 Å². The number of aromatic nitrogens is 1. The van der Waals surface area contributed by atoms with E-state index in [0.717, 1.165) is 28.5 Å². The molecule has 0 aliphatic rings. The van der Waals surface area contributed by atoms with Gasteiger partial charge < -0.3 is 14.0 Å². The van der Waals surface area contributed by atoms with Gasteiger partial charge in [-0.2, -0.15) is 4.57 Å². The van der Waals surface area contributed by atoms with Gasteiger partial charge in [0.2, 0.25) is 11.4 Å². The van der Waals surface area contributed by atoms with Crippen molar-refractivity contribution in [1.82, 2.24) is 0 Å². The lowest BCUT2D eigenvalue weighted by Crippen LogP contribution is -2.39. The third-order valence-corrected chi connectivity index (χ3v) is 6.41. The maximum atomic E-state index is 10.4. The molecular formula is C29H31NO5S. The number of pyridine rings is 1. The van der Waals surface area contributed by atoms with Crippen molar-refractivity contribution in [3.05, 3.63) is 119 Å². The Morgan fingerprint density at radius 3 is 1.36 bits per heavy atom. The second kappa shape index (κ2) is 12.3. The van der Waals surface area contributed by atoms with E-state index in [1.54, 1.807) is 12.1 Å². The Balaban J connectivity index is 0.000000275. The number of benzene rings is 3. The number of ether oxygens (including phenoxy) is 2. The zero-order valence-corrected chi connectivity index (χ0v) is 21.8. The molecule has 0 saturated carbocycles. The van der Waals surface area contributed by atoms with E-state index in [0.29, 0.717) is 13.2 Å². The fraction of sp³-hybridized carbons (Fsp3) is 0.207. The molecule has 1 heterocycles. The van der Waals surface area contributed by atoms with Gasteiger partial charge in [-0.05, 0) is 63.2 Å². The predicted molar refractivity (Wildman–Crippen MR) is 138 cm³/mol. The number of aryl methyl sites for hydroxylation is 3. The van der Waals surface area contributed by atoms with Crippen molar-refractivity contribution >= 4 is 10.1 Å². The smallest absolute Gasteiger partial charge is 0.219 e. The second-order valence-electron chi connectivity index (χ2n) is 8.54. The van der Waals surface area contributed by atoms with Crippen molar-refractivity contribution in [2.75, 3.05) is 0 Å². The van der Waals surface area contributed by atoms with Crippen LogP contribution in [0.25, 0.3) is 0 Å². The molecule has 188 valence electrons. The van der Waals surface area contributed by atoms with Crippen molar-refractivity contribution in [3.8, 4) is 11.5 Å². The average molecular weight is 506 g/mol. The van der Waals surface area contributed by atoms with Gasteiger partial charge in [0, 0.05) is 12.1 Å². The number of hydrogen-bond acceptors (Lipinski definition) is 5. The minimum Gasteiger partial charge on any atom is -0.744 e. The summed E-state index contributed by atoms with van der Waals surface area (Å²) in [6.45, 7) is 7.01. The van der Waals surface area contributed by atoms with Crippen LogP contribution in [0.15, 0.2) is 95.9 Å². The summed E-state index contributed by atoms with van der Waals surface area (Å²) in [5, 5.41) is 0. The Hall–Kier alpha value is -3.68. The largest absolute Gasteiger partial charge is 0.744 e. The summed E-state index contributed by atoms with van der Waals surface area (Å²) in [7, 11) is -2.23. The molecular weight excluding hydrogens is 474 g/mol. The van der Waals surface area contributed by atoms with Crippen LogP contribution in [0.2, 0.25) is 0 Å². The van der Waals surface area contributed by atoms with Crippen LogP contribution in [0.4, 0.5) is 0 Å². The van der Waals surface area contributed by atoms with E-state index >= 15 is 0 Å². The Labute approximate surface area is 213 Å². The van der Waals surface area contributed by atoms with Crippen LogP contribution >= 0.6 is 0 Å². The van der Waals surface area contributed by atoms with Gasteiger partial charge in [-0.25, -0.2) is 8.42 Å². The first-order valence-electron chi connectivity index (χ1n) is 11.5. The minimum atomic E-state index is -4.27. The van der Waals surface area contributed by atoms with Crippen molar-refractivity contribution in [2.45, 2.75) is 38.9 Å². The van der Waals surface area contributed by atoms with Gasteiger partial charge in [-0.3, -0.25) is 0 Å². The third-order valence-electron chi connectivity index (χ3n) is 5.56. The van der Waals surface area contributed by atoms with E-state index in [1.807, 2.05) is 44.3 Å².